The second kappa shape index (κ2) is 8.61. The number of nitrogens with zero attached hydrogens (tertiary/aromatic N) is 3. The van der Waals surface area contributed by atoms with Crippen molar-refractivity contribution in [1.29, 1.82) is 0 Å². The van der Waals surface area contributed by atoms with Gasteiger partial charge in [0.2, 0.25) is 0 Å². The molecule has 0 atom stereocenters. The molecule has 3 aromatic rings. The van der Waals surface area contributed by atoms with Gasteiger partial charge in [-0.15, -0.1) is 0 Å². The van der Waals surface area contributed by atoms with Crippen LogP contribution in [0.25, 0.3) is 0 Å². The molecule has 3 rings (SSSR count). The number of nitro groups is 1. The van der Waals surface area contributed by atoms with Crippen LogP contribution in [0.1, 0.15) is 16.1 Å². The van der Waals surface area contributed by atoms with E-state index in [1.165, 1.54) is 42.5 Å². The van der Waals surface area contributed by atoms with E-state index in [9.17, 15) is 14.9 Å². The third-order valence-corrected chi connectivity index (χ3v) is 4.93. The first-order valence-corrected chi connectivity index (χ1v) is 8.86. The van der Waals surface area contributed by atoms with E-state index in [0.717, 1.165) is 10.5 Å². The summed E-state index contributed by atoms with van der Waals surface area (Å²) in [5.74, 6) is -0.542. The summed E-state index contributed by atoms with van der Waals surface area (Å²) in [4.78, 5) is 31.4. The van der Waals surface area contributed by atoms with Crippen LogP contribution in [0.15, 0.2) is 70.8 Å². The molecule has 0 unspecified atom stereocenters. The largest absolute Gasteiger partial charge is 0.456 e. The summed E-state index contributed by atoms with van der Waals surface area (Å²) >= 11 is 7.49. The Hall–Kier alpha value is -2.97. The van der Waals surface area contributed by atoms with Crippen molar-refractivity contribution in [2.45, 2.75) is 16.4 Å². The van der Waals surface area contributed by atoms with Gasteiger partial charge in [-0.25, -0.2) is 9.78 Å². The van der Waals surface area contributed by atoms with Crippen molar-refractivity contribution in [2.24, 2.45) is 0 Å². The van der Waals surface area contributed by atoms with Crippen molar-refractivity contribution >= 4 is 35.0 Å². The number of non-ortho nitro benzene ring substituents is 1. The lowest BCUT2D eigenvalue weighted by atomic mass is 10.2. The molecule has 0 fully saturated rings. The number of hydrogen-bond acceptors (Lipinski definition) is 7. The maximum atomic E-state index is 11.8. The Bertz CT molecular complexity index is 968. The van der Waals surface area contributed by atoms with E-state index in [-0.39, 0.29) is 18.0 Å². The van der Waals surface area contributed by atoms with Crippen LogP contribution >= 0.6 is 23.4 Å². The van der Waals surface area contributed by atoms with E-state index >= 15 is 0 Å². The van der Waals surface area contributed by atoms with Gasteiger partial charge in [0, 0.05) is 34.3 Å². The number of hydrogen-bond donors (Lipinski definition) is 0. The fraction of sp³-hybridized carbons (Fsp3) is 0.0556. The van der Waals surface area contributed by atoms with Crippen molar-refractivity contribution < 1.29 is 14.5 Å². The number of rotatable bonds is 6. The third-order valence-electron chi connectivity index (χ3n) is 3.42. The number of carbonyl (C=O) groups excluding carboxylic acids is 1. The second-order valence-electron chi connectivity index (χ2n) is 5.28. The zero-order valence-corrected chi connectivity index (χ0v) is 15.3. The number of esters is 1. The fourth-order valence-electron chi connectivity index (χ4n) is 2.09. The molecule has 7 nitrogen and oxygen atoms in total. The van der Waals surface area contributed by atoms with Crippen LogP contribution in [0.4, 0.5) is 5.69 Å². The van der Waals surface area contributed by atoms with Gasteiger partial charge in [0.25, 0.3) is 5.69 Å². The van der Waals surface area contributed by atoms with Crippen molar-refractivity contribution in [2.75, 3.05) is 0 Å². The van der Waals surface area contributed by atoms with Gasteiger partial charge >= 0.3 is 5.97 Å². The Labute approximate surface area is 163 Å². The lowest BCUT2D eigenvalue weighted by Gasteiger charge is -2.07. The maximum Gasteiger partial charge on any atom is 0.358 e. The van der Waals surface area contributed by atoms with Crippen LogP contribution in [-0.4, -0.2) is 20.9 Å². The van der Waals surface area contributed by atoms with E-state index in [1.807, 2.05) is 24.3 Å². The quantitative estimate of drug-likeness (QED) is 0.339. The van der Waals surface area contributed by atoms with Gasteiger partial charge in [0.1, 0.15) is 6.61 Å². The Balaban J connectivity index is 1.60. The molecule has 136 valence electrons. The van der Waals surface area contributed by atoms with Crippen LogP contribution in [0.2, 0.25) is 5.02 Å². The normalized spacial score (nSPS) is 10.4. The Kier molecular flexibility index (Phi) is 6.00. The summed E-state index contributed by atoms with van der Waals surface area (Å²) in [6.07, 6.45) is 4.24. The molecule has 27 heavy (non-hydrogen) atoms. The molecule has 0 aliphatic carbocycles. The SMILES string of the molecule is O=C(OCc1ccc(Sc2ccc([N+](=O)[O-])cc2Cl)cc1)c1cnccn1. The van der Waals surface area contributed by atoms with Gasteiger partial charge in [-0.05, 0) is 23.8 Å². The monoisotopic (exact) mass is 401 g/mol. The minimum absolute atomic E-state index is 0.0513. The summed E-state index contributed by atoms with van der Waals surface area (Å²) in [5, 5.41) is 11.1. The molecule has 0 amide bonds. The predicted molar refractivity (Wildman–Crippen MR) is 99.8 cm³/mol. The first-order valence-electron chi connectivity index (χ1n) is 7.67. The van der Waals surface area contributed by atoms with Crippen molar-refractivity contribution in [3.63, 3.8) is 0 Å². The van der Waals surface area contributed by atoms with Gasteiger partial charge in [-0.1, -0.05) is 35.5 Å². The summed E-state index contributed by atoms with van der Waals surface area (Å²) in [6, 6.07) is 11.7. The fourth-order valence-corrected chi connectivity index (χ4v) is 3.20. The van der Waals surface area contributed by atoms with Crippen LogP contribution in [0.3, 0.4) is 0 Å². The molecule has 9 heteroatoms. The molecule has 0 saturated heterocycles. The van der Waals surface area contributed by atoms with Crippen molar-refractivity contribution in [1.82, 2.24) is 9.97 Å². The third kappa shape index (κ3) is 5.02. The molecule has 1 heterocycles. The highest BCUT2D eigenvalue weighted by molar-refractivity contribution is 7.99. The van der Waals surface area contributed by atoms with Gasteiger partial charge < -0.3 is 4.74 Å². The van der Waals surface area contributed by atoms with E-state index < -0.39 is 10.9 Å². The maximum absolute atomic E-state index is 11.8. The lowest BCUT2D eigenvalue weighted by molar-refractivity contribution is -0.384. The zero-order valence-electron chi connectivity index (χ0n) is 13.7. The van der Waals surface area contributed by atoms with Crippen LogP contribution < -0.4 is 0 Å². The van der Waals surface area contributed by atoms with Crippen LogP contribution in [0, 0.1) is 10.1 Å². The molecule has 0 radical (unpaired) electrons. The van der Waals surface area contributed by atoms with Gasteiger partial charge in [-0.2, -0.15) is 0 Å². The highest BCUT2D eigenvalue weighted by Crippen LogP contribution is 2.35. The number of halogens is 1. The lowest BCUT2D eigenvalue weighted by Crippen LogP contribution is -2.07. The van der Waals surface area contributed by atoms with Crippen LogP contribution in [0.5, 0.6) is 0 Å². The molecule has 2 aromatic carbocycles. The molecule has 1 aromatic heterocycles. The zero-order chi connectivity index (χ0) is 19.2. The Morgan fingerprint density at radius 3 is 2.59 bits per heavy atom. The number of carbonyl (C=O) groups is 1. The number of aromatic nitrogens is 2. The van der Waals surface area contributed by atoms with Crippen LogP contribution in [-0.2, 0) is 11.3 Å². The molecule has 0 saturated carbocycles. The summed E-state index contributed by atoms with van der Waals surface area (Å²) in [6.45, 7) is 0.110. The van der Waals surface area contributed by atoms with E-state index in [2.05, 4.69) is 9.97 Å². The molecule has 0 aliphatic heterocycles. The topological polar surface area (TPSA) is 95.2 Å². The molecule has 0 N–H and O–H groups in total. The molecular formula is C18H12ClN3O4S. The predicted octanol–water partition coefficient (Wildman–Crippen LogP) is 4.55. The van der Waals surface area contributed by atoms with Gasteiger partial charge in [0.05, 0.1) is 16.1 Å². The van der Waals surface area contributed by atoms with Gasteiger partial charge in [-0.3, -0.25) is 15.1 Å². The van der Waals surface area contributed by atoms with Crippen molar-refractivity contribution in [3.8, 4) is 0 Å². The smallest absolute Gasteiger partial charge is 0.358 e. The minimum atomic E-state index is -0.542. The van der Waals surface area contributed by atoms with E-state index in [4.69, 9.17) is 16.3 Å². The minimum Gasteiger partial charge on any atom is -0.456 e. The molecule has 0 spiro atoms. The molecule has 0 bridgehead atoms. The average Bonchev–Trinajstić information content (AvgIpc) is 2.69. The summed E-state index contributed by atoms with van der Waals surface area (Å²) in [7, 11) is 0. The average molecular weight is 402 g/mol. The highest BCUT2D eigenvalue weighted by atomic mass is 35.5. The standard InChI is InChI=1S/C18H12ClN3O4S/c19-15-9-13(22(24)25)3-6-17(15)27-14-4-1-12(2-5-14)11-26-18(23)16-10-20-7-8-21-16/h1-10H,11H2. The number of benzene rings is 2. The van der Waals surface area contributed by atoms with E-state index in [1.54, 1.807) is 6.07 Å². The first kappa shape index (κ1) is 18.8. The van der Waals surface area contributed by atoms with Gasteiger partial charge in [0.15, 0.2) is 5.69 Å². The Morgan fingerprint density at radius 1 is 1.19 bits per heavy atom. The number of ether oxygens (including phenoxy) is 1. The summed E-state index contributed by atoms with van der Waals surface area (Å²) in [5.41, 5.74) is 0.911. The first-order chi connectivity index (χ1) is 13.0. The highest BCUT2D eigenvalue weighted by Gasteiger charge is 2.11. The molecular weight excluding hydrogens is 390 g/mol. The Morgan fingerprint density at radius 2 is 1.96 bits per heavy atom. The number of nitro benzene ring substituents is 1. The second-order valence-corrected chi connectivity index (χ2v) is 6.81. The summed E-state index contributed by atoms with van der Waals surface area (Å²) < 4.78 is 5.19. The van der Waals surface area contributed by atoms with E-state index in [0.29, 0.717) is 9.92 Å². The molecule has 0 aliphatic rings. The van der Waals surface area contributed by atoms with Crippen molar-refractivity contribution in [3.05, 3.63) is 87.4 Å².